The van der Waals surface area contributed by atoms with E-state index in [-0.39, 0.29) is 17.6 Å². The molecule has 3 rings (SSSR count). The maximum absolute atomic E-state index is 13.6. The van der Waals surface area contributed by atoms with Gasteiger partial charge in [0.1, 0.15) is 10.2 Å². The van der Waals surface area contributed by atoms with E-state index in [0.717, 1.165) is 4.88 Å². The number of amides is 1. The van der Waals surface area contributed by atoms with E-state index < -0.39 is 4.33 Å². The van der Waals surface area contributed by atoms with Gasteiger partial charge in [0.15, 0.2) is 5.13 Å². The van der Waals surface area contributed by atoms with Gasteiger partial charge in [-0.1, -0.05) is 18.2 Å². The van der Waals surface area contributed by atoms with Crippen molar-refractivity contribution in [3.63, 3.8) is 0 Å². The summed E-state index contributed by atoms with van der Waals surface area (Å²) >= 11 is 13.0. The summed E-state index contributed by atoms with van der Waals surface area (Å²) in [6, 6.07) is 6.59. The fraction of sp³-hybridized carbons (Fsp3) is 0.286. The smallest absolute Gasteiger partial charge is 0.232 e. The highest BCUT2D eigenvalue weighted by molar-refractivity contribution is 7.15. The summed E-state index contributed by atoms with van der Waals surface area (Å²) in [6.45, 7) is 0. The van der Waals surface area contributed by atoms with Crippen LogP contribution >= 0.6 is 34.5 Å². The number of aromatic nitrogens is 1. The van der Waals surface area contributed by atoms with Crippen molar-refractivity contribution in [2.24, 2.45) is 5.92 Å². The van der Waals surface area contributed by atoms with E-state index in [1.54, 1.807) is 24.4 Å². The van der Waals surface area contributed by atoms with Gasteiger partial charge in [-0.05, 0) is 18.1 Å². The Bertz CT molecular complexity index is 689. The molecule has 1 amide bonds. The molecule has 1 atom stereocenters. The van der Waals surface area contributed by atoms with Gasteiger partial charge in [-0.2, -0.15) is 0 Å². The molecule has 0 unspecified atom stereocenters. The van der Waals surface area contributed by atoms with Crippen molar-refractivity contribution in [1.82, 2.24) is 4.98 Å². The van der Waals surface area contributed by atoms with Gasteiger partial charge >= 0.3 is 0 Å². The molecule has 1 aromatic carbocycles. The van der Waals surface area contributed by atoms with E-state index in [9.17, 15) is 9.18 Å². The Kier molecular flexibility index (Phi) is 3.90. The molecule has 3 nitrogen and oxygen atoms in total. The van der Waals surface area contributed by atoms with Crippen LogP contribution in [0.4, 0.5) is 9.52 Å². The molecule has 0 spiro atoms. The maximum atomic E-state index is 13.6. The van der Waals surface area contributed by atoms with E-state index in [4.69, 9.17) is 23.2 Å². The van der Waals surface area contributed by atoms with Crippen molar-refractivity contribution in [1.29, 1.82) is 0 Å². The van der Waals surface area contributed by atoms with Gasteiger partial charge in [0.2, 0.25) is 5.91 Å². The largest absolute Gasteiger partial charge is 0.302 e. The van der Waals surface area contributed by atoms with E-state index >= 15 is 0 Å². The van der Waals surface area contributed by atoms with Gasteiger partial charge in [-0.25, -0.2) is 9.37 Å². The van der Waals surface area contributed by atoms with Crippen LogP contribution in [-0.2, 0) is 11.2 Å². The number of benzene rings is 1. The lowest BCUT2D eigenvalue weighted by Gasteiger charge is -2.01. The molecule has 1 aliphatic carbocycles. The lowest BCUT2D eigenvalue weighted by atomic mass is 10.1. The van der Waals surface area contributed by atoms with Crippen LogP contribution in [0, 0.1) is 11.7 Å². The summed E-state index contributed by atoms with van der Waals surface area (Å²) in [4.78, 5) is 16.8. The SMILES string of the molecule is O=C(Nc1ncc(Cc2ccccc2F)s1)[C@@H]1CC1(Cl)Cl. The van der Waals surface area contributed by atoms with Crippen LogP contribution in [0.25, 0.3) is 0 Å². The number of nitrogens with zero attached hydrogens (tertiary/aromatic N) is 1. The minimum absolute atomic E-state index is 0.230. The summed E-state index contributed by atoms with van der Waals surface area (Å²) in [5.74, 6) is -0.866. The first kappa shape index (κ1) is 14.8. The topological polar surface area (TPSA) is 42.0 Å². The van der Waals surface area contributed by atoms with Gasteiger partial charge in [0.05, 0.1) is 5.92 Å². The van der Waals surface area contributed by atoms with Gasteiger partial charge in [0.25, 0.3) is 0 Å². The second kappa shape index (κ2) is 5.55. The average molecular weight is 345 g/mol. The van der Waals surface area contributed by atoms with Gasteiger partial charge in [-0.15, -0.1) is 34.5 Å². The average Bonchev–Trinajstić information content (AvgIpc) is 2.86. The predicted octanol–water partition coefficient (Wildman–Crippen LogP) is 4.01. The van der Waals surface area contributed by atoms with E-state index in [1.807, 2.05) is 0 Å². The molecule has 0 aliphatic heterocycles. The van der Waals surface area contributed by atoms with Crippen LogP contribution in [0.3, 0.4) is 0 Å². The second-order valence-electron chi connectivity index (χ2n) is 4.91. The molecule has 0 saturated heterocycles. The molecule has 7 heteroatoms. The molecular formula is C14H11Cl2FN2OS. The Balaban J connectivity index is 1.64. The van der Waals surface area contributed by atoms with Gasteiger partial charge < -0.3 is 5.32 Å². The molecule has 1 aliphatic rings. The third kappa shape index (κ3) is 3.36. The monoisotopic (exact) mass is 344 g/mol. The number of anilines is 1. The Morgan fingerprint density at radius 1 is 1.48 bits per heavy atom. The summed E-state index contributed by atoms with van der Waals surface area (Å²) in [5, 5.41) is 3.16. The number of halogens is 3. The fourth-order valence-electron chi connectivity index (χ4n) is 1.97. The molecule has 0 bridgehead atoms. The first-order valence-corrected chi connectivity index (χ1v) is 7.90. The van der Waals surface area contributed by atoms with Crippen molar-refractivity contribution < 1.29 is 9.18 Å². The standard InChI is InChI=1S/C14H11Cl2FN2OS/c15-14(16)6-10(14)12(20)19-13-18-7-9(21-13)5-8-3-1-2-4-11(8)17/h1-4,7,10H,5-6H2,(H,18,19,20)/t10-/m0/s1. The van der Waals surface area contributed by atoms with Crippen molar-refractivity contribution in [2.45, 2.75) is 17.2 Å². The number of carbonyl (C=O) groups excluding carboxylic acids is 1. The van der Waals surface area contributed by atoms with Crippen molar-refractivity contribution in [3.05, 3.63) is 46.7 Å². The van der Waals surface area contributed by atoms with Crippen LogP contribution in [0.15, 0.2) is 30.5 Å². The summed E-state index contributed by atoms with van der Waals surface area (Å²) < 4.78 is 12.6. The molecule has 1 saturated carbocycles. The Morgan fingerprint density at radius 3 is 2.86 bits per heavy atom. The third-order valence-corrected chi connectivity index (χ3v) is 5.00. The highest BCUT2D eigenvalue weighted by Gasteiger charge is 2.56. The minimum atomic E-state index is -0.947. The second-order valence-corrected chi connectivity index (χ2v) is 7.56. The Hall–Kier alpha value is -1.17. The van der Waals surface area contributed by atoms with Crippen molar-refractivity contribution in [2.75, 3.05) is 5.32 Å². The number of nitrogens with one attached hydrogen (secondary N) is 1. The lowest BCUT2D eigenvalue weighted by molar-refractivity contribution is -0.117. The molecule has 2 aromatic rings. The number of carbonyl (C=O) groups is 1. The summed E-state index contributed by atoms with van der Waals surface area (Å²) in [5.41, 5.74) is 0.599. The first-order valence-electron chi connectivity index (χ1n) is 6.32. The predicted molar refractivity (Wildman–Crippen MR) is 82.5 cm³/mol. The Labute approximate surface area is 135 Å². The zero-order chi connectivity index (χ0) is 15.0. The fourth-order valence-corrected chi connectivity index (χ4v) is 3.31. The molecule has 21 heavy (non-hydrogen) atoms. The quantitative estimate of drug-likeness (QED) is 0.851. The molecular weight excluding hydrogens is 334 g/mol. The van der Waals surface area contributed by atoms with Crippen LogP contribution in [0.1, 0.15) is 16.9 Å². The zero-order valence-corrected chi connectivity index (χ0v) is 13.1. The molecule has 0 radical (unpaired) electrons. The lowest BCUT2D eigenvalue weighted by Crippen LogP contribution is -2.16. The number of hydrogen-bond donors (Lipinski definition) is 1. The molecule has 1 aromatic heterocycles. The first-order chi connectivity index (χ1) is 9.95. The van der Waals surface area contributed by atoms with Crippen LogP contribution in [-0.4, -0.2) is 15.2 Å². The zero-order valence-electron chi connectivity index (χ0n) is 10.8. The van der Waals surface area contributed by atoms with Crippen LogP contribution in [0.2, 0.25) is 0 Å². The number of hydrogen-bond acceptors (Lipinski definition) is 3. The van der Waals surface area contributed by atoms with Crippen molar-refractivity contribution >= 4 is 45.6 Å². The van der Waals surface area contributed by atoms with E-state index in [1.165, 1.54) is 17.4 Å². The number of rotatable bonds is 4. The highest BCUT2D eigenvalue weighted by Crippen LogP contribution is 2.53. The normalized spacial score (nSPS) is 19.3. The highest BCUT2D eigenvalue weighted by atomic mass is 35.5. The molecule has 1 heterocycles. The summed E-state index contributed by atoms with van der Waals surface area (Å²) in [6.07, 6.45) is 2.53. The Morgan fingerprint density at radius 2 is 2.19 bits per heavy atom. The van der Waals surface area contributed by atoms with Crippen LogP contribution in [0.5, 0.6) is 0 Å². The molecule has 1 fully saturated rings. The van der Waals surface area contributed by atoms with Gasteiger partial charge in [0, 0.05) is 17.5 Å². The number of thiazole rings is 1. The third-order valence-electron chi connectivity index (χ3n) is 3.25. The molecule has 110 valence electrons. The van der Waals surface area contributed by atoms with Gasteiger partial charge in [-0.3, -0.25) is 4.79 Å². The van der Waals surface area contributed by atoms with Crippen molar-refractivity contribution in [3.8, 4) is 0 Å². The maximum Gasteiger partial charge on any atom is 0.232 e. The molecule has 1 N–H and O–H groups in total. The summed E-state index contributed by atoms with van der Waals surface area (Å²) in [7, 11) is 0. The number of alkyl halides is 2. The minimum Gasteiger partial charge on any atom is -0.302 e. The van der Waals surface area contributed by atoms with Crippen LogP contribution < -0.4 is 5.32 Å². The van der Waals surface area contributed by atoms with E-state index in [0.29, 0.717) is 23.5 Å². The van der Waals surface area contributed by atoms with E-state index in [2.05, 4.69) is 10.3 Å².